The number of nitrogens with zero attached hydrogens (tertiary/aromatic N) is 3. The molecule has 0 bridgehead atoms. The number of nitrogens with two attached hydrogens (primary N) is 1. The van der Waals surface area contributed by atoms with Crippen LogP contribution in [0.15, 0.2) is 12.7 Å². The Morgan fingerprint density at radius 3 is 2.04 bits per heavy atom. The zero-order valence-corrected chi connectivity index (χ0v) is 36.0. The van der Waals surface area contributed by atoms with Gasteiger partial charge >= 0.3 is 0 Å². The predicted octanol–water partition coefficient (Wildman–Crippen LogP) is 4.61. The van der Waals surface area contributed by atoms with E-state index in [0.717, 1.165) is 96.7 Å². The molecule has 7 fully saturated rings. The van der Waals surface area contributed by atoms with Crippen molar-refractivity contribution >= 4 is 29.5 Å². The molecule has 7 aliphatic rings. The van der Waals surface area contributed by atoms with Gasteiger partial charge in [0.1, 0.15) is 18.1 Å². The monoisotopic (exact) mass is 796 g/mol. The van der Waals surface area contributed by atoms with Crippen molar-refractivity contribution in [3.8, 4) is 0 Å². The molecule has 0 aromatic carbocycles. The van der Waals surface area contributed by atoms with Crippen LogP contribution in [0.25, 0.3) is 0 Å². The van der Waals surface area contributed by atoms with Crippen LogP contribution in [0.2, 0.25) is 0 Å². The molecule has 4 unspecified atom stereocenters. The number of hydrogen-bond donors (Lipinski definition) is 4. The lowest BCUT2D eigenvalue weighted by Gasteiger charge is -2.38. The summed E-state index contributed by atoms with van der Waals surface area (Å²) in [6.07, 6.45) is 15.8. The predicted molar refractivity (Wildman–Crippen MR) is 218 cm³/mol. The summed E-state index contributed by atoms with van der Waals surface area (Å²) in [4.78, 5) is 75.6. The van der Waals surface area contributed by atoms with Crippen LogP contribution in [-0.2, 0) is 28.9 Å². The van der Waals surface area contributed by atoms with Gasteiger partial charge in [-0.1, -0.05) is 66.4 Å². The molecule has 3 saturated heterocycles. The third-order valence-corrected chi connectivity index (χ3v) is 15.6. The van der Waals surface area contributed by atoms with Gasteiger partial charge in [-0.15, -0.1) is 6.58 Å². The Morgan fingerprint density at radius 2 is 1.51 bits per heavy atom. The number of carbonyl (C=O) groups is 5. The molecule has 13 nitrogen and oxygen atoms in total. The van der Waals surface area contributed by atoms with Gasteiger partial charge in [-0.25, -0.2) is 5.48 Å². The Morgan fingerprint density at radius 1 is 0.842 bits per heavy atom. The zero-order chi connectivity index (χ0) is 41.5. The molecule has 13 heteroatoms. The van der Waals surface area contributed by atoms with Crippen molar-refractivity contribution in [1.82, 2.24) is 31.0 Å². The van der Waals surface area contributed by atoms with Gasteiger partial charge in [0.05, 0.1) is 6.04 Å². The zero-order valence-electron chi connectivity index (χ0n) is 36.0. The largest absolute Gasteiger partial charge is 0.368 e. The molecule has 320 valence electrons. The van der Waals surface area contributed by atoms with Gasteiger partial charge in [-0.05, 0) is 113 Å². The van der Waals surface area contributed by atoms with Crippen molar-refractivity contribution in [1.29, 1.82) is 0 Å². The van der Waals surface area contributed by atoms with Crippen LogP contribution >= 0.6 is 0 Å². The third-order valence-electron chi connectivity index (χ3n) is 15.6. The normalized spacial score (nSPS) is 31.5. The summed E-state index contributed by atoms with van der Waals surface area (Å²) in [5.41, 5.74) is 7.93. The molecule has 2 spiro atoms. The first-order valence-corrected chi connectivity index (χ1v) is 22.2. The topological polar surface area (TPSA) is 166 Å². The van der Waals surface area contributed by atoms with E-state index in [1.165, 1.54) is 6.42 Å². The fourth-order valence-electron chi connectivity index (χ4n) is 11.7. The molecule has 5 amide bonds. The first kappa shape index (κ1) is 43.5. The van der Waals surface area contributed by atoms with Crippen LogP contribution < -0.4 is 21.8 Å². The Bertz CT molecular complexity index is 1530. The van der Waals surface area contributed by atoms with Crippen molar-refractivity contribution in [3.63, 3.8) is 0 Å². The molecule has 3 aliphatic heterocycles. The van der Waals surface area contributed by atoms with Gasteiger partial charge in [0, 0.05) is 37.0 Å². The van der Waals surface area contributed by atoms with E-state index in [1.54, 1.807) is 9.96 Å². The molecular formula is C44H73N7O6. The minimum absolute atomic E-state index is 0.0122. The Labute approximate surface area is 341 Å². The second-order valence-electron chi connectivity index (χ2n) is 20.3. The summed E-state index contributed by atoms with van der Waals surface area (Å²) >= 11 is 0. The maximum atomic E-state index is 14.4. The number of allylic oxidation sites excluding steroid dienone is 1. The summed E-state index contributed by atoms with van der Waals surface area (Å²) in [5, 5.41) is 8.10. The fraction of sp³-hybridized carbons (Fsp3) is 0.841. The van der Waals surface area contributed by atoms with Gasteiger partial charge < -0.3 is 21.3 Å². The highest BCUT2D eigenvalue weighted by molar-refractivity contribution is 5.95. The average Bonchev–Trinajstić information content (AvgIpc) is 3.56. The molecule has 5 N–H and O–H groups in total. The van der Waals surface area contributed by atoms with Crippen LogP contribution in [-0.4, -0.2) is 101 Å². The second-order valence-corrected chi connectivity index (χ2v) is 20.3. The maximum Gasteiger partial charge on any atom is 0.248 e. The summed E-state index contributed by atoms with van der Waals surface area (Å²) in [6.45, 7) is 21.5. The number of amides is 5. The number of hydrogen-bond acceptors (Lipinski definition) is 8. The van der Waals surface area contributed by atoms with Gasteiger partial charge in [0.2, 0.25) is 29.5 Å². The highest BCUT2D eigenvalue weighted by Gasteiger charge is 2.85. The minimum atomic E-state index is -0.849. The van der Waals surface area contributed by atoms with Gasteiger partial charge in [-0.3, -0.25) is 28.9 Å². The second kappa shape index (κ2) is 16.9. The molecule has 4 aliphatic carbocycles. The summed E-state index contributed by atoms with van der Waals surface area (Å²) in [5.74, 6) is -0.633. The van der Waals surface area contributed by atoms with Gasteiger partial charge in [-0.2, -0.15) is 10.0 Å². The fourth-order valence-corrected chi connectivity index (χ4v) is 11.7. The van der Waals surface area contributed by atoms with Crippen LogP contribution in [0.3, 0.4) is 0 Å². The summed E-state index contributed by atoms with van der Waals surface area (Å²) in [6, 6.07) is -2.21. The SMILES string of the molecule is C=C[C@@H]1CC1C(=O)NON1CCCC1.CC(C)N1CCCC1C(=O)NC(C(=O)N[C@H](C(=O)N1C[C@]2(CC1C(N)=O)C(C)(C)C21CCC1)C(C)(C)C)C1CCCCC1. The molecule has 4 saturated carbocycles. The van der Waals surface area contributed by atoms with E-state index in [9.17, 15) is 24.0 Å². The average molecular weight is 796 g/mol. The highest BCUT2D eigenvalue weighted by atomic mass is 16.8. The third kappa shape index (κ3) is 8.40. The Kier molecular flexibility index (Phi) is 12.9. The standard InChI is InChI=1S/C34H57N5O4.C10H16N2O2/c1-21(2)38-18-11-15-23(38)28(41)36-25(22-13-9-8-10-14-22)29(42)37-26(31(3,4)5)30(43)39-20-34(19-24(39)27(35)40)32(6,7)33(34)16-12-17-33;1-2-8-7-9(8)10(13)11-14-12-5-3-4-6-12/h21-26H,8-20H2,1-7H3,(H2,35,40)(H,36,41)(H,37,42);2,8-9H,1,3-7H2,(H,11,13)/t23?,24?,25?,26-,34-;8-,9?/m11/s1. The van der Waals surface area contributed by atoms with Crippen LogP contribution in [0, 0.1) is 39.4 Å². The van der Waals surface area contributed by atoms with Crippen molar-refractivity contribution in [2.45, 2.75) is 169 Å². The molecule has 0 aromatic heterocycles. The lowest BCUT2D eigenvalue weighted by molar-refractivity contribution is -0.202. The number of likely N-dealkylation sites (tertiary alicyclic amines) is 2. The number of fused-ring (bicyclic) bond motifs is 1. The lowest BCUT2D eigenvalue weighted by Crippen LogP contribution is -2.62. The van der Waals surface area contributed by atoms with Crippen LogP contribution in [0.5, 0.6) is 0 Å². The molecule has 7 rings (SSSR count). The van der Waals surface area contributed by atoms with E-state index in [2.05, 4.69) is 55.3 Å². The van der Waals surface area contributed by atoms with Gasteiger partial charge in [0.15, 0.2) is 0 Å². The van der Waals surface area contributed by atoms with Crippen molar-refractivity contribution in [2.75, 3.05) is 26.2 Å². The summed E-state index contributed by atoms with van der Waals surface area (Å²) < 4.78 is 0. The van der Waals surface area contributed by atoms with E-state index in [-0.39, 0.29) is 63.8 Å². The molecular weight excluding hydrogens is 723 g/mol. The van der Waals surface area contributed by atoms with Crippen LogP contribution in [0.4, 0.5) is 0 Å². The van der Waals surface area contributed by atoms with E-state index >= 15 is 0 Å². The van der Waals surface area contributed by atoms with Crippen molar-refractivity contribution in [2.24, 2.45) is 45.1 Å². The number of carbonyl (C=O) groups excluding carboxylic acids is 5. The number of primary amides is 1. The summed E-state index contributed by atoms with van der Waals surface area (Å²) in [7, 11) is 0. The molecule has 57 heavy (non-hydrogen) atoms. The van der Waals surface area contributed by atoms with Crippen molar-refractivity contribution < 1.29 is 28.9 Å². The molecule has 0 aromatic rings. The Hall–Kier alpha value is -3.03. The molecule has 0 radical (unpaired) electrons. The maximum absolute atomic E-state index is 14.4. The first-order valence-electron chi connectivity index (χ1n) is 22.2. The lowest BCUT2D eigenvalue weighted by atomic mass is 9.73. The van der Waals surface area contributed by atoms with E-state index < -0.39 is 29.4 Å². The number of nitrogens with one attached hydrogen (secondary N) is 3. The smallest absolute Gasteiger partial charge is 0.248 e. The first-order chi connectivity index (χ1) is 26.9. The van der Waals surface area contributed by atoms with E-state index in [1.807, 2.05) is 26.8 Å². The van der Waals surface area contributed by atoms with Crippen molar-refractivity contribution in [3.05, 3.63) is 12.7 Å². The number of hydroxylamine groups is 3. The minimum Gasteiger partial charge on any atom is -0.368 e. The van der Waals surface area contributed by atoms with E-state index in [0.29, 0.717) is 18.9 Å². The Balaban J connectivity index is 0.000000328. The van der Waals surface area contributed by atoms with Gasteiger partial charge in [0.25, 0.3) is 0 Å². The molecule has 3 heterocycles. The number of rotatable bonds is 12. The van der Waals surface area contributed by atoms with Crippen LogP contribution in [0.1, 0.15) is 138 Å². The quantitative estimate of drug-likeness (QED) is 0.164. The highest BCUT2D eigenvalue weighted by Crippen LogP contribution is 2.88. The van der Waals surface area contributed by atoms with E-state index in [4.69, 9.17) is 10.7 Å². The molecule has 7 atom stereocenters.